The van der Waals surface area contributed by atoms with Crippen LogP contribution in [0.1, 0.15) is 24.1 Å². The van der Waals surface area contributed by atoms with Gasteiger partial charge in [0.25, 0.3) is 0 Å². The number of hydrogen-bond donors (Lipinski definition) is 2. The normalized spacial score (nSPS) is 13.9. The largest absolute Gasteiger partial charge is 0.486 e. The Bertz CT molecular complexity index is 766. The molecule has 1 amide bonds. The highest BCUT2D eigenvalue weighted by Crippen LogP contribution is 2.30. The summed E-state index contributed by atoms with van der Waals surface area (Å²) in [5.74, 6) is 1.51. The molecule has 2 aromatic rings. The Labute approximate surface area is 158 Å². The first-order valence-electron chi connectivity index (χ1n) is 8.76. The molecule has 1 aliphatic heterocycles. The van der Waals surface area contributed by atoms with Crippen molar-refractivity contribution >= 4 is 17.5 Å². The summed E-state index contributed by atoms with van der Waals surface area (Å²) in [6.45, 7) is 3.96. The maximum atomic E-state index is 12.0. The third-order valence-corrected chi connectivity index (χ3v) is 4.63. The Kier molecular flexibility index (Phi) is 6.36. The second kappa shape index (κ2) is 8.92. The van der Waals surface area contributed by atoms with Crippen LogP contribution < -0.4 is 20.1 Å². The van der Waals surface area contributed by atoms with Gasteiger partial charge in [-0.1, -0.05) is 35.9 Å². The van der Waals surface area contributed by atoms with Gasteiger partial charge in [-0.25, -0.2) is 0 Å². The van der Waals surface area contributed by atoms with Gasteiger partial charge in [0.05, 0.1) is 6.54 Å². The summed E-state index contributed by atoms with van der Waals surface area (Å²) in [4.78, 5) is 12.0. The molecule has 0 bridgehead atoms. The highest BCUT2D eigenvalue weighted by Gasteiger charge is 2.12. The number of fused-ring (bicyclic) bond motifs is 1. The smallest absolute Gasteiger partial charge is 0.233 e. The van der Waals surface area contributed by atoms with E-state index in [9.17, 15) is 4.79 Å². The lowest BCUT2D eigenvalue weighted by molar-refractivity contribution is -0.120. The molecule has 2 aromatic carbocycles. The number of nitrogens with one attached hydrogen (secondary N) is 2. The first kappa shape index (κ1) is 18.5. The molecule has 0 aromatic heterocycles. The van der Waals surface area contributed by atoms with Crippen LogP contribution in [0.5, 0.6) is 11.5 Å². The fraction of sp³-hybridized carbons (Fsp3) is 0.350. The monoisotopic (exact) mass is 374 g/mol. The van der Waals surface area contributed by atoms with E-state index in [0.29, 0.717) is 24.8 Å². The Hall–Kier alpha value is -2.24. The zero-order chi connectivity index (χ0) is 18.4. The van der Waals surface area contributed by atoms with Crippen LogP contribution in [0.25, 0.3) is 0 Å². The van der Waals surface area contributed by atoms with E-state index in [1.165, 1.54) is 0 Å². The van der Waals surface area contributed by atoms with Gasteiger partial charge in [0.1, 0.15) is 13.2 Å². The van der Waals surface area contributed by atoms with Gasteiger partial charge in [-0.05, 0) is 42.7 Å². The molecule has 5 nitrogen and oxygen atoms in total. The van der Waals surface area contributed by atoms with Crippen molar-refractivity contribution in [3.63, 3.8) is 0 Å². The summed E-state index contributed by atoms with van der Waals surface area (Å²) in [5.41, 5.74) is 2.09. The van der Waals surface area contributed by atoms with Crippen molar-refractivity contribution in [1.29, 1.82) is 0 Å². The van der Waals surface area contributed by atoms with E-state index >= 15 is 0 Å². The fourth-order valence-electron chi connectivity index (χ4n) is 2.83. The van der Waals surface area contributed by atoms with Crippen LogP contribution >= 0.6 is 11.6 Å². The summed E-state index contributed by atoms with van der Waals surface area (Å²) in [6, 6.07) is 13.5. The first-order chi connectivity index (χ1) is 12.6. The molecule has 0 aliphatic carbocycles. The van der Waals surface area contributed by atoms with Gasteiger partial charge in [0, 0.05) is 17.6 Å². The number of carbonyl (C=O) groups is 1. The number of hydrogen-bond acceptors (Lipinski definition) is 4. The van der Waals surface area contributed by atoms with Gasteiger partial charge in [-0.15, -0.1) is 0 Å². The van der Waals surface area contributed by atoms with Gasteiger partial charge >= 0.3 is 0 Å². The van der Waals surface area contributed by atoms with Crippen molar-refractivity contribution in [2.75, 3.05) is 26.3 Å². The lowest BCUT2D eigenvalue weighted by atomic mass is 10.1. The van der Waals surface area contributed by atoms with Crippen LogP contribution in [0.4, 0.5) is 0 Å². The molecule has 2 N–H and O–H groups in total. The minimum absolute atomic E-state index is 0.00671. The maximum absolute atomic E-state index is 12.0. The Morgan fingerprint density at radius 2 is 1.92 bits per heavy atom. The van der Waals surface area contributed by atoms with E-state index in [1.54, 1.807) is 0 Å². The summed E-state index contributed by atoms with van der Waals surface area (Å²) >= 11 is 6.18. The molecule has 6 heteroatoms. The molecule has 1 unspecified atom stereocenters. The number of ether oxygens (including phenoxy) is 2. The van der Waals surface area contributed by atoms with E-state index in [-0.39, 0.29) is 18.5 Å². The van der Waals surface area contributed by atoms with Crippen molar-refractivity contribution < 1.29 is 14.3 Å². The zero-order valence-electron chi connectivity index (χ0n) is 14.8. The van der Waals surface area contributed by atoms with Crippen LogP contribution in [-0.4, -0.2) is 32.2 Å². The van der Waals surface area contributed by atoms with Crippen molar-refractivity contribution in [3.05, 3.63) is 58.6 Å². The summed E-state index contributed by atoms with van der Waals surface area (Å²) in [6.07, 6.45) is 0.739. The molecule has 0 saturated carbocycles. The average molecular weight is 375 g/mol. The Morgan fingerprint density at radius 1 is 1.15 bits per heavy atom. The topological polar surface area (TPSA) is 59.6 Å². The molecule has 0 saturated heterocycles. The van der Waals surface area contributed by atoms with E-state index < -0.39 is 0 Å². The Morgan fingerprint density at radius 3 is 2.73 bits per heavy atom. The minimum atomic E-state index is -0.0403. The molecular formula is C20H23ClN2O3. The molecule has 0 spiro atoms. The van der Waals surface area contributed by atoms with Crippen LogP contribution in [-0.2, 0) is 11.2 Å². The van der Waals surface area contributed by atoms with Crippen molar-refractivity contribution in [1.82, 2.24) is 10.6 Å². The lowest BCUT2D eigenvalue weighted by Crippen LogP contribution is -2.36. The third kappa shape index (κ3) is 4.90. The van der Waals surface area contributed by atoms with Gasteiger partial charge in [-0.3, -0.25) is 4.79 Å². The van der Waals surface area contributed by atoms with Gasteiger partial charge in [-0.2, -0.15) is 0 Å². The van der Waals surface area contributed by atoms with Crippen molar-refractivity contribution in [3.8, 4) is 11.5 Å². The molecule has 26 heavy (non-hydrogen) atoms. The predicted molar refractivity (Wildman–Crippen MR) is 102 cm³/mol. The van der Waals surface area contributed by atoms with Gasteiger partial charge in [0.2, 0.25) is 5.91 Å². The summed E-state index contributed by atoms with van der Waals surface area (Å²) in [5, 5.41) is 6.82. The van der Waals surface area contributed by atoms with Crippen molar-refractivity contribution in [2.24, 2.45) is 0 Å². The second-order valence-corrected chi connectivity index (χ2v) is 6.61. The number of benzene rings is 2. The van der Waals surface area contributed by atoms with Crippen molar-refractivity contribution in [2.45, 2.75) is 19.4 Å². The fourth-order valence-corrected chi connectivity index (χ4v) is 3.13. The van der Waals surface area contributed by atoms with E-state index in [4.69, 9.17) is 21.1 Å². The second-order valence-electron chi connectivity index (χ2n) is 6.20. The maximum Gasteiger partial charge on any atom is 0.233 e. The SMILES string of the molecule is CC(NCC(=O)NCCc1ccc2c(c1)OCCO2)c1ccccc1Cl. The number of halogens is 1. The predicted octanol–water partition coefficient (Wildman–Crippen LogP) is 3.12. The van der Waals surface area contributed by atoms with Crippen LogP contribution in [0.3, 0.4) is 0 Å². The molecule has 0 fully saturated rings. The molecule has 3 rings (SSSR count). The molecule has 1 aliphatic rings. The molecule has 1 atom stereocenters. The number of amides is 1. The zero-order valence-corrected chi connectivity index (χ0v) is 15.5. The quantitative estimate of drug-likeness (QED) is 0.781. The molecule has 0 radical (unpaired) electrons. The van der Waals surface area contributed by atoms with Gasteiger partial charge < -0.3 is 20.1 Å². The van der Waals surface area contributed by atoms with E-state index in [0.717, 1.165) is 29.0 Å². The van der Waals surface area contributed by atoms with E-state index in [2.05, 4.69) is 10.6 Å². The molecular weight excluding hydrogens is 352 g/mol. The lowest BCUT2D eigenvalue weighted by Gasteiger charge is -2.19. The standard InChI is InChI=1S/C20H23ClN2O3/c1-14(16-4-2-3-5-17(16)21)23-13-20(24)22-9-8-15-6-7-18-19(12-15)26-11-10-25-18/h2-7,12,14,23H,8-11,13H2,1H3,(H,22,24). The highest BCUT2D eigenvalue weighted by molar-refractivity contribution is 6.31. The third-order valence-electron chi connectivity index (χ3n) is 4.28. The summed E-state index contributed by atoms with van der Waals surface area (Å²) < 4.78 is 11.1. The molecule has 1 heterocycles. The number of rotatable bonds is 7. The van der Waals surface area contributed by atoms with Crippen LogP contribution in [0, 0.1) is 0 Å². The number of carbonyl (C=O) groups excluding carboxylic acids is 1. The minimum Gasteiger partial charge on any atom is -0.486 e. The molecule has 138 valence electrons. The average Bonchev–Trinajstić information content (AvgIpc) is 2.66. The van der Waals surface area contributed by atoms with Crippen LogP contribution in [0.15, 0.2) is 42.5 Å². The van der Waals surface area contributed by atoms with Crippen LogP contribution in [0.2, 0.25) is 5.02 Å². The summed E-state index contributed by atoms with van der Waals surface area (Å²) in [7, 11) is 0. The van der Waals surface area contributed by atoms with Gasteiger partial charge in [0.15, 0.2) is 11.5 Å². The first-order valence-corrected chi connectivity index (χ1v) is 9.14. The van der Waals surface area contributed by atoms with E-state index in [1.807, 2.05) is 49.4 Å². The Balaban J connectivity index is 1.41. The highest BCUT2D eigenvalue weighted by atomic mass is 35.5.